The minimum atomic E-state index is -4.56. The van der Waals surface area contributed by atoms with E-state index < -0.39 is 13.9 Å². The van der Waals surface area contributed by atoms with Crippen LogP contribution in [0.2, 0.25) is 0 Å². The quantitative estimate of drug-likeness (QED) is 0.0198. The molecule has 2 unspecified atom stereocenters. The van der Waals surface area contributed by atoms with Gasteiger partial charge in [-0.1, -0.05) is 160 Å². The summed E-state index contributed by atoms with van der Waals surface area (Å²) in [5.74, 6) is -0.384. The number of unbranched alkanes of at least 4 members (excludes halogenated alkanes) is 6. The van der Waals surface area contributed by atoms with Crippen LogP contribution >= 0.6 is 7.82 Å². The Bertz CT molecular complexity index is 1460. The predicted molar refractivity (Wildman–Crippen MR) is 267 cm³/mol. The van der Waals surface area contributed by atoms with Gasteiger partial charge in [0.05, 0.1) is 34.4 Å². The molecular formula is C54H88NO7P. The molecular weight excluding hydrogens is 806 g/mol. The van der Waals surface area contributed by atoms with Crippen molar-refractivity contribution < 1.29 is 37.3 Å². The van der Waals surface area contributed by atoms with Gasteiger partial charge in [-0.3, -0.25) is 9.36 Å². The Kier molecular flexibility index (Phi) is 42.8. The molecule has 0 aliphatic carbocycles. The highest BCUT2D eigenvalue weighted by Gasteiger charge is 2.20. The van der Waals surface area contributed by atoms with Crippen LogP contribution in [-0.4, -0.2) is 70.7 Å². The van der Waals surface area contributed by atoms with Crippen LogP contribution in [0.4, 0.5) is 0 Å². The number of phosphoric ester groups is 1. The fraction of sp³-hybridized carbons (Fsp3) is 0.574. The van der Waals surface area contributed by atoms with E-state index in [1.807, 2.05) is 21.1 Å². The fourth-order valence-electron chi connectivity index (χ4n) is 5.57. The number of likely N-dealkylation sites (N-methyl/N-ethyl adjacent to an activating group) is 1. The second kappa shape index (κ2) is 45.2. The van der Waals surface area contributed by atoms with Gasteiger partial charge < -0.3 is 27.9 Å². The van der Waals surface area contributed by atoms with Gasteiger partial charge in [0.25, 0.3) is 7.82 Å². The molecule has 63 heavy (non-hydrogen) atoms. The van der Waals surface area contributed by atoms with Crippen molar-refractivity contribution in [3.05, 3.63) is 134 Å². The third-order valence-electron chi connectivity index (χ3n) is 9.20. The Hall–Kier alpha value is -3.36. The van der Waals surface area contributed by atoms with E-state index in [-0.39, 0.29) is 32.2 Å². The molecule has 0 saturated carbocycles. The molecule has 0 heterocycles. The lowest BCUT2D eigenvalue weighted by Crippen LogP contribution is -2.37. The molecule has 0 aromatic carbocycles. The van der Waals surface area contributed by atoms with Crippen molar-refractivity contribution in [1.29, 1.82) is 0 Å². The maximum atomic E-state index is 12.7. The molecule has 356 valence electrons. The van der Waals surface area contributed by atoms with E-state index in [4.69, 9.17) is 18.5 Å². The SMILES string of the molecule is CC/C=C\C/C=C\C/C=C\C/C=C\C/C=C\C/C=C\C/C=C\CCCCCC(=O)OC(COCCCCC/C=C\C/C=C\C/C=C\C/C=C\CC)COP(=O)([O-])OCC[N+](C)(C)C. The molecule has 0 amide bonds. The van der Waals surface area contributed by atoms with Gasteiger partial charge in [0, 0.05) is 13.0 Å². The maximum Gasteiger partial charge on any atom is 0.306 e. The molecule has 0 N–H and O–H groups in total. The lowest BCUT2D eigenvalue weighted by atomic mass is 10.1. The van der Waals surface area contributed by atoms with Gasteiger partial charge in [-0.15, -0.1) is 0 Å². The molecule has 0 aromatic heterocycles. The number of carbonyl (C=O) groups excluding carboxylic acids is 1. The summed E-state index contributed by atoms with van der Waals surface area (Å²) < 4.78 is 34.6. The van der Waals surface area contributed by atoms with E-state index >= 15 is 0 Å². The summed E-state index contributed by atoms with van der Waals surface area (Å²) in [4.78, 5) is 25.1. The van der Waals surface area contributed by atoms with Gasteiger partial charge in [-0.2, -0.15) is 0 Å². The summed E-state index contributed by atoms with van der Waals surface area (Å²) in [5, 5.41) is 0. The Morgan fingerprint density at radius 1 is 0.492 bits per heavy atom. The molecule has 0 aliphatic heterocycles. The van der Waals surface area contributed by atoms with Crippen LogP contribution in [0.5, 0.6) is 0 Å². The van der Waals surface area contributed by atoms with Gasteiger partial charge in [0.2, 0.25) is 0 Å². The number of hydrogen-bond donors (Lipinski definition) is 0. The topological polar surface area (TPSA) is 94.1 Å². The minimum absolute atomic E-state index is 0.00381. The summed E-state index contributed by atoms with van der Waals surface area (Å²) in [6.45, 7) is 5.01. The first-order valence-corrected chi connectivity index (χ1v) is 25.4. The third kappa shape index (κ3) is 49.5. The molecule has 0 bridgehead atoms. The smallest absolute Gasteiger partial charge is 0.306 e. The monoisotopic (exact) mass is 894 g/mol. The Morgan fingerprint density at radius 2 is 0.873 bits per heavy atom. The van der Waals surface area contributed by atoms with Crippen LogP contribution in [-0.2, 0) is 27.9 Å². The number of esters is 1. The van der Waals surface area contributed by atoms with Crippen molar-refractivity contribution in [2.45, 2.75) is 148 Å². The average Bonchev–Trinajstić information content (AvgIpc) is 3.24. The van der Waals surface area contributed by atoms with E-state index in [2.05, 4.69) is 148 Å². The van der Waals surface area contributed by atoms with Crippen molar-refractivity contribution in [3.8, 4) is 0 Å². The number of rotatable bonds is 42. The first-order chi connectivity index (χ1) is 30.6. The molecule has 0 rings (SSSR count). The molecule has 0 aromatic rings. The standard InChI is InChI=1S/C54H88NO7P/c1-6-8-10-12-14-16-18-20-22-24-25-26-27-28-29-30-31-32-33-35-37-39-41-43-45-47-54(56)62-53(52-61-63(57,58)60-50-48-55(3,4)5)51-59-49-46-44-42-40-38-36-34-23-21-19-17-15-13-11-9-7-2/h8-11,14-17,20-23,25-26,28-29,31-32,35-38,53H,6-7,12-13,18-19,24,27,30,33-34,39-52H2,1-5H3/b10-8-,11-9-,16-14-,17-15-,22-20-,23-21-,26-25-,29-28-,32-31-,37-35-,38-36-. The lowest BCUT2D eigenvalue weighted by molar-refractivity contribution is -0.870. The normalized spacial score (nSPS) is 14.8. The van der Waals surface area contributed by atoms with Gasteiger partial charge >= 0.3 is 5.97 Å². The minimum Gasteiger partial charge on any atom is -0.756 e. The largest absolute Gasteiger partial charge is 0.756 e. The third-order valence-corrected chi connectivity index (χ3v) is 10.2. The van der Waals surface area contributed by atoms with Crippen LogP contribution in [0.3, 0.4) is 0 Å². The average molecular weight is 894 g/mol. The van der Waals surface area contributed by atoms with Crippen molar-refractivity contribution in [2.24, 2.45) is 0 Å². The second-order valence-electron chi connectivity index (χ2n) is 16.3. The van der Waals surface area contributed by atoms with Crippen molar-refractivity contribution in [2.75, 3.05) is 54.1 Å². The number of nitrogens with zero attached hydrogens (tertiary/aromatic N) is 1. The number of hydrogen-bond acceptors (Lipinski definition) is 7. The summed E-state index contributed by atoms with van der Waals surface area (Å²) >= 11 is 0. The van der Waals surface area contributed by atoms with Gasteiger partial charge in [-0.05, 0) is 109 Å². The molecule has 0 aliphatic rings. The first kappa shape index (κ1) is 59.6. The van der Waals surface area contributed by atoms with E-state index in [0.717, 1.165) is 116 Å². The summed E-state index contributed by atoms with van der Waals surface area (Å²) in [6.07, 6.45) is 66.2. The Labute approximate surface area is 385 Å². The highest BCUT2D eigenvalue weighted by Crippen LogP contribution is 2.38. The highest BCUT2D eigenvalue weighted by atomic mass is 31.2. The van der Waals surface area contributed by atoms with Crippen LogP contribution in [0.25, 0.3) is 0 Å². The lowest BCUT2D eigenvalue weighted by Gasteiger charge is -2.28. The van der Waals surface area contributed by atoms with Crippen LogP contribution in [0, 0.1) is 0 Å². The zero-order valence-electron chi connectivity index (χ0n) is 40.2. The molecule has 8 nitrogen and oxygen atoms in total. The van der Waals surface area contributed by atoms with Gasteiger partial charge in [0.15, 0.2) is 0 Å². The zero-order valence-corrected chi connectivity index (χ0v) is 41.1. The van der Waals surface area contributed by atoms with Gasteiger partial charge in [0.1, 0.15) is 19.3 Å². The van der Waals surface area contributed by atoms with Crippen LogP contribution in [0.15, 0.2) is 134 Å². The van der Waals surface area contributed by atoms with E-state index in [0.29, 0.717) is 24.1 Å². The molecule has 2 atom stereocenters. The summed E-state index contributed by atoms with van der Waals surface area (Å²) in [5.41, 5.74) is 0. The molecule has 0 spiro atoms. The highest BCUT2D eigenvalue weighted by molar-refractivity contribution is 7.45. The fourth-order valence-corrected chi connectivity index (χ4v) is 6.30. The number of ether oxygens (including phenoxy) is 2. The van der Waals surface area contributed by atoms with Gasteiger partial charge in [-0.25, -0.2) is 0 Å². The number of carbonyl (C=O) groups is 1. The number of phosphoric acid groups is 1. The second-order valence-corrected chi connectivity index (χ2v) is 17.8. The van der Waals surface area contributed by atoms with Crippen LogP contribution < -0.4 is 4.89 Å². The van der Waals surface area contributed by atoms with Crippen molar-refractivity contribution >= 4 is 13.8 Å². The number of quaternary nitrogens is 1. The van der Waals surface area contributed by atoms with E-state index in [9.17, 15) is 14.3 Å². The molecule has 0 fully saturated rings. The summed E-state index contributed by atoms with van der Waals surface area (Å²) in [6, 6.07) is 0. The van der Waals surface area contributed by atoms with E-state index in [1.54, 1.807) is 0 Å². The Balaban J connectivity index is 4.35. The van der Waals surface area contributed by atoms with Crippen LogP contribution in [0.1, 0.15) is 142 Å². The van der Waals surface area contributed by atoms with E-state index in [1.165, 1.54) is 0 Å². The summed E-state index contributed by atoms with van der Waals surface area (Å²) in [7, 11) is 1.28. The zero-order chi connectivity index (χ0) is 46.2. The molecule has 9 heteroatoms. The first-order valence-electron chi connectivity index (χ1n) is 23.9. The predicted octanol–water partition coefficient (Wildman–Crippen LogP) is 14.1. The van der Waals surface area contributed by atoms with Crippen molar-refractivity contribution in [3.63, 3.8) is 0 Å². The Morgan fingerprint density at radius 3 is 1.27 bits per heavy atom. The molecule has 0 saturated heterocycles. The number of allylic oxidation sites excluding steroid dienone is 22. The molecule has 0 radical (unpaired) electrons. The maximum absolute atomic E-state index is 12.7. The van der Waals surface area contributed by atoms with Crippen molar-refractivity contribution in [1.82, 2.24) is 0 Å².